The molecule has 0 atom stereocenters. The molecule has 0 amide bonds. The first-order valence-corrected chi connectivity index (χ1v) is 6.52. The summed E-state index contributed by atoms with van der Waals surface area (Å²) in [5.41, 5.74) is 1.18. The van der Waals surface area contributed by atoms with E-state index in [2.05, 4.69) is 9.88 Å². The van der Waals surface area contributed by atoms with Gasteiger partial charge in [0.05, 0.1) is 12.0 Å². The molecule has 1 saturated heterocycles. The summed E-state index contributed by atoms with van der Waals surface area (Å²) in [4.78, 5) is 18.1. The van der Waals surface area contributed by atoms with Gasteiger partial charge in [-0.3, -0.25) is 9.78 Å². The van der Waals surface area contributed by atoms with Crippen LogP contribution in [0.4, 0.5) is 5.69 Å². The van der Waals surface area contributed by atoms with E-state index in [0.717, 1.165) is 25.9 Å². The van der Waals surface area contributed by atoms with E-state index >= 15 is 0 Å². The number of esters is 1. The molecule has 0 bridgehead atoms. The maximum Gasteiger partial charge on any atom is 0.309 e. The highest BCUT2D eigenvalue weighted by atomic mass is 35.5. The molecular weight excluding hydrogens is 299 g/mol. The predicted octanol–water partition coefficient (Wildman–Crippen LogP) is 3.09. The van der Waals surface area contributed by atoms with Gasteiger partial charge in [0, 0.05) is 31.2 Å². The molecule has 114 valence electrons. The number of halogens is 2. The Morgan fingerprint density at radius 1 is 1.25 bits per heavy atom. The lowest BCUT2D eigenvalue weighted by molar-refractivity contribution is -0.153. The summed E-state index contributed by atoms with van der Waals surface area (Å²) in [6.45, 7) is 5.59. The van der Waals surface area contributed by atoms with Crippen molar-refractivity contribution in [3.8, 4) is 0 Å². The summed E-state index contributed by atoms with van der Waals surface area (Å²) in [7, 11) is 0. The molecule has 4 nitrogen and oxygen atoms in total. The Bertz CT molecular complexity index is 393. The van der Waals surface area contributed by atoms with Crippen LogP contribution in [0.15, 0.2) is 24.5 Å². The fourth-order valence-electron chi connectivity index (χ4n) is 2.26. The van der Waals surface area contributed by atoms with Crippen molar-refractivity contribution < 1.29 is 9.53 Å². The van der Waals surface area contributed by atoms with E-state index < -0.39 is 0 Å². The predicted molar refractivity (Wildman–Crippen MR) is 84.9 cm³/mol. The summed E-state index contributed by atoms with van der Waals surface area (Å²) in [6, 6.07) is 4.01. The van der Waals surface area contributed by atoms with Crippen LogP contribution in [0.5, 0.6) is 0 Å². The monoisotopic (exact) mass is 320 g/mol. The molecule has 1 aromatic rings. The van der Waals surface area contributed by atoms with Crippen LogP contribution < -0.4 is 4.90 Å². The van der Waals surface area contributed by atoms with Crippen molar-refractivity contribution in [2.75, 3.05) is 18.0 Å². The van der Waals surface area contributed by atoms with E-state index in [-0.39, 0.29) is 42.8 Å². The lowest BCUT2D eigenvalue weighted by Gasteiger charge is -2.32. The van der Waals surface area contributed by atoms with Crippen LogP contribution in [0, 0.1) is 5.92 Å². The van der Waals surface area contributed by atoms with Crippen LogP contribution in [-0.4, -0.2) is 30.1 Å². The molecule has 1 aromatic heterocycles. The van der Waals surface area contributed by atoms with Crippen LogP contribution in [0.1, 0.15) is 26.7 Å². The number of aromatic nitrogens is 1. The van der Waals surface area contributed by atoms with Crippen LogP contribution in [0.2, 0.25) is 0 Å². The Morgan fingerprint density at radius 2 is 1.80 bits per heavy atom. The number of hydrogen-bond donors (Lipinski definition) is 0. The number of carbonyl (C=O) groups excluding carboxylic acids is 1. The average molecular weight is 321 g/mol. The van der Waals surface area contributed by atoms with Crippen molar-refractivity contribution in [3.05, 3.63) is 24.5 Å². The average Bonchev–Trinajstić information content (AvgIpc) is 2.39. The van der Waals surface area contributed by atoms with Crippen molar-refractivity contribution in [2.45, 2.75) is 32.8 Å². The molecule has 1 aliphatic heterocycles. The highest BCUT2D eigenvalue weighted by molar-refractivity contribution is 5.85. The zero-order chi connectivity index (χ0) is 13.0. The number of nitrogens with zero attached hydrogens (tertiary/aromatic N) is 2. The Morgan fingerprint density at radius 3 is 2.30 bits per heavy atom. The minimum absolute atomic E-state index is 0. The summed E-state index contributed by atoms with van der Waals surface area (Å²) >= 11 is 0. The quantitative estimate of drug-likeness (QED) is 0.803. The first-order valence-electron chi connectivity index (χ1n) is 6.52. The smallest absolute Gasteiger partial charge is 0.309 e. The van der Waals surface area contributed by atoms with E-state index in [1.807, 2.05) is 26.0 Å². The molecule has 2 heterocycles. The molecule has 2 rings (SSSR count). The fraction of sp³-hybridized carbons (Fsp3) is 0.571. The maximum atomic E-state index is 11.8. The van der Waals surface area contributed by atoms with Gasteiger partial charge in [0.15, 0.2) is 0 Å². The highest BCUT2D eigenvalue weighted by Gasteiger charge is 2.26. The normalized spacial score (nSPS) is 15.2. The third kappa shape index (κ3) is 5.17. The van der Waals surface area contributed by atoms with Crippen molar-refractivity contribution in [1.82, 2.24) is 4.98 Å². The van der Waals surface area contributed by atoms with Crippen molar-refractivity contribution in [1.29, 1.82) is 0 Å². The number of pyridine rings is 1. The molecule has 0 N–H and O–H groups in total. The molecule has 0 saturated carbocycles. The molecule has 1 aliphatic rings. The Balaban J connectivity index is 0.00000180. The van der Waals surface area contributed by atoms with Gasteiger partial charge in [-0.15, -0.1) is 24.8 Å². The molecule has 20 heavy (non-hydrogen) atoms. The van der Waals surface area contributed by atoms with Gasteiger partial charge in [-0.2, -0.15) is 0 Å². The molecule has 0 aromatic carbocycles. The summed E-state index contributed by atoms with van der Waals surface area (Å²) in [5.74, 6) is 0.0184. The Labute approximate surface area is 132 Å². The third-order valence-corrected chi connectivity index (χ3v) is 3.21. The topological polar surface area (TPSA) is 42.4 Å². The summed E-state index contributed by atoms with van der Waals surface area (Å²) in [6.07, 6.45) is 5.32. The summed E-state index contributed by atoms with van der Waals surface area (Å²) in [5, 5.41) is 0. The largest absolute Gasteiger partial charge is 0.463 e. The minimum Gasteiger partial charge on any atom is -0.463 e. The number of rotatable bonds is 3. The van der Waals surface area contributed by atoms with E-state index in [1.54, 1.807) is 12.4 Å². The molecule has 0 spiro atoms. The van der Waals surface area contributed by atoms with Gasteiger partial charge < -0.3 is 9.64 Å². The second kappa shape index (κ2) is 9.03. The van der Waals surface area contributed by atoms with E-state index in [9.17, 15) is 4.79 Å². The number of piperidine rings is 1. The zero-order valence-corrected chi connectivity index (χ0v) is 13.5. The first kappa shape index (κ1) is 19.0. The number of carbonyl (C=O) groups is 1. The summed E-state index contributed by atoms with van der Waals surface area (Å²) < 4.78 is 5.26. The second-order valence-corrected chi connectivity index (χ2v) is 4.95. The molecule has 0 aliphatic carbocycles. The molecule has 6 heteroatoms. The van der Waals surface area contributed by atoms with E-state index in [1.165, 1.54) is 5.69 Å². The molecular formula is C14H22Cl2N2O2. The maximum absolute atomic E-state index is 11.8. The van der Waals surface area contributed by atoms with E-state index in [0.29, 0.717) is 0 Å². The SMILES string of the molecule is CC(C)OC(=O)C1CCN(c2ccncc2)CC1.Cl.Cl. The van der Waals surface area contributed by atoms with Crippen molar-refractivity contribution in [2.24, 2.45) is 5.92 Å². The molecule has 0 radical (unpaired) electrons. The highest BCUT2D eigenvalue weighted by Crippen LogP contribution is 2.23. The van der Waals surface area contributed by atoms with Gasteiger partial charge in [-0.25, -0.2) is 0 Å². The van der Waals surface area contributed by atoms with Gasteiger partial charge in [-0.05, 0) is 38.8 Å². The number of ether oxygens (including phenoxy) is 1. The van der Waals surface area contributed by atoms with Gasteiger partial charge in [-0.1, -0.05) is 0 Å². The van der Waals surface area contributed by atoms with Gasteiger partial charge >= 0.3 is 5.97 Å². The number of hydrogen-bond acceptors (Lipinski definition) is 4. The lowest BCUT2D eigenvalue weighted by atomic mass is 9.96. The van der Waals surface area contributed by atoms with Gasteiger partial charge in [0.1, 0.15) is 0 Å². The van der Waals surface area contributed by atoms with Crippen molar-refractivity contribution in [3.63, 3.8) is 0 Å². The fourth-order valence-corrected chi connectivity index (χ4v) is 2.26. The standard InChI is InChI=1S/C14H20N2O2.2ClH/c1-11(2)18-14(17)12-5-9-16(10-6-12)13-3-7-15-8-4-13;;/h3-4,7-8,11-12H,5-6,9-10H2,1-2H3;2*1H. The van der Waals surface area contributed by atoms with Crippen molar-refractivity contribution >= 4 is 36.5 Å². The Kier molecular flexibility index (Phi) is 8.58. The van der Waals surface area contributed by atoms with Crippen LogP contribution in [-0.2, 0) is 9.53 Å². The Hall–Kier alpha value is -1.00. The first-order chi connectivity index (χ1) is 8.66. The van der Waals surface area contributed by atoms with E-state index in [4.69, 9.17) is 4.74 Å². The number of anilines is 1. The third-order valence-electron chi connectivity index (χ3n) is 3.21. The zero-order valence-electron chi connectivity index (χ0n) is 11.8. The molecule has 1 fully saturated rings. The minimum atomic E-state index is -0.0422. The van der Waals surface area contributed by atoms with Gasteiger partial charge in [0.25, 0.3) is 0 Å². The molecule has 0 unspecified atom stereocenters. The van der Waals surface area contributed by atoms with Gasteiger partial charge in [0.2, 0.25) is 0 Å². The lowest BCUT2D eigenvalue weighted by Crippen LogP contribution is -2.37. The van der Waals surface area contributed by atoms with Crippen LogP contribution in [0.3, 0.4) is 0 Å². The van der Waals surface area contributed by atoms with Crippen LogP contribution >= 0.6 is 24.8 Å². The van der Waals surface area contributed by atoms with Crippen LogP contribution in [0.25, 0.3) is 0 Å². The second-order valence-electron chi connectivity index (χ2n) is 4.95.